The fraction of sp³-hybridized carbons (Fsp3) is 0.368. The number of hydrogen-bond acceptors (Lipinski definition) is 4. The van der Waals surface area contributed by atoms with Gasteiger partial charge in [0.1, 0.15) is 5.82 Å². The normalized spacial score (nSPS) is 16.3. The van der Waals surface area contributed by atoms with Gasteiger partial charge < -0.3 is 5.32 Å². The summed E-state index contributed by atoms with van der Waals surface area (Å²) < 4.78 is 40.0. The number of hydrogen-bond donors (Lipinski definition) is 2. The first kappa shape index (κ1) is 21.3. The molecule has 2 aromatic rings. The molecule has 2 N–H and O–H groups in total. The van der Waals surface area contributed by atoms with Gasteiger partial charge in [-0.15, -0.1) is 0 Å². The third-order valence-corrected chi connectivity index (χ3v) is 6.64. The first-order chi connectivity index (χ1) is 13.3. The lowest BCUT2D eigenvalue weighted by Crippen LogP contribution is -2.38. The first-order valence-corrected chi connectivity index (χ1v) is 11.2. The Hall–Kier alpha value is -1.38. The number of nitrogens with zero attached hydrogens (tertiary/aromatic N) is 1. The molecule has 28 heavy (non-hydrogen) atoms. The van der Waals surface area contributed by atoms with Crippen LogP contribution in [0.3, 0.4) is 0 Å². The van der Waals surface area contributed by atoms with Crippen LogP contribution in [0.25, 0.3) is 0 Å². The van der Waals surface area contributed by atoms with Gasteiger partial charge in [0.15, 0.2) is 0 Å². The Kier molecular flexibility index (Phi) is 6.83. The SMILES string of the molecule is CNS(=O)(=O)c1ccc(NC2CCN(Cc3cc(Cl)cc(Cl)c3)CC2)c(F)c1. The average Bonchev–Trinajstić information content (AvgIpc) is 2.64. The molecule has 0 unspecified atom stereocenters. The maximum Gasteiger partial charge on any atom is 0.240 e. The average molecular weight is 446 g/mol. The van der Waals surface area contributed by atoms with Crippen LogP contribution in [-0.2, 0) is 16.6 Å². The molecule has 0 amide bonds. The van der Waals surface area contributed by atoms with Crippen LogP contribution in [0.1, 0.15) is 18.4 Å². The summed E-state index contributed by atoms with van der Waals surface area (Å²) >= 11 is 12.1. The molecule has 152 valence electrons. The van der Waals surface area contributed by atoms with E-state index in [0.29, 0.717) is 15.7 Å². The lowest BCUT2D eigenvalue weighted by molar-refractivity contribution is 0.211. The molecule has 9 heteroatoms. The van der Waals surface area contributed by atoms with Crippen molar-refractivity contribution in [2.45, 2.75) is 30.3 Å². The van der Waals surface area contributed by atoms with Crippen LogP contribution in [0.15, 0.2) is 41.3 Å². The third kappa shape index (κ3) is 5.36. The van der Waals surface area contributed by atoms with Crippen molar-refractivity contribution in [1.29, 1.82) is 0 Å². The van der Waals surface area contributed by atoms with Crippen molar-refractivity contribution in [1.82, 2.24) is 9.62 Å². The van der Waals surface area contributed by atoms with Crippen LogP contribution in [-0.4, -0.2) is 39.5 Å². The van der Waals surface area contributed by atoms with E-state index in [1.54, 1.807) is 6.07 Å². The monoisotopic (exact) mass is 445 g/mol. The molecule has 0 saturated carbocycles. The molecule has 5 nitrogen and oxygen atoms in total. The highest BCUT2D eigenvalue weighted by atomic mass is 35.5. The predicted molar refractivity (Wildman–Crippen MR) is 111 cm³/mol. The molecule has 1 aliphatic heterocycles. The van der Waals surface area contributed by atoms with Crippen LogP contribution >= 0.6 is 23.2 Å². The number of piperidine rings is 1. The van der Waals surface area contributed by atoms with Crippen LogP contribution in [0.2, 0.25) is 10.0 Å². The molecule has 1 aliphatic rings. The molecular formula is C19H22Cl2FN3O2S. The van der Waals surface area contributed by atoms with Crippen molar-refractivity contribution >= 4 is 38.9 Å². The second-order valence-corrected chi connectivity index (χ2v) is 9.58. The van der Waals surface area contributed by atoms with Crippen molar-refractivity contribution in [3.63, 3.8) is 0 Å². The van der Waals surface area contributed by atoms with Crippen molar-refractivity contribution in [2.75, 3.05) is 25.5 Å². The van der Waals surface area contributed by atoms with E-state index >= 15 is 0 Å². The van der Waals surface area contributed by atoms with Gasteiger partial charge in [-0.05, 0) is 61.9 Å². The summed E-state index contributed by atoms with van der Waals surface area (Å²) in [7, 11) is -2.36. The Labute approximate surface area is 174 Å². The van der Waals surface area contributed by atoms with Crippen LogP contribution in [0, 0.1) is 5.82 Å². The minimum atomic E-state index is -3.66. The Bertz CT molecular complexity index is 928. The summed E-state index contributed by atoms with van der Waals surface area (Å²) in [6, 6.07) is 9.56. The van der Waals surface area contributed by atoms with Gasteiger partial charge in [0.05, 0.1) is 10.6 Å². The zero-order valence-electron chi connectivity index (χ0n) is 15.4. The molecule has 1 saturated heterocycles. The summed E-state index contributed by atoms with van der Waals surface area (Å²) in [5.74, 6) is -0.577. The lowest BCUT2D eigenvalue weighted by atomic mass is 10.0. The minimum Gasteiger partial charge on any atom is -0.380 e. The number of rotatable bonds is 6. The Balaban J connectivity index is 1.57. The summed E-state index contributed by atoms with van der Waals surface area (Å²) in [6.45, 7) is 2.48. The van der Waals surface area contributed by atoms with Crippen molar-refractivity contribution < 1.29 is 12.8 Å². The van der Waals surface area contributed by atoms with E-state index in [0.717, 1.165) is 44.1 Å². The fourth-order valence-electron chi connectivity index (χ4n) is 3.31. The maximum absolute atomic E-state index is 14.3. The van der Waals surface area contributed by atoms with E-state index in [1.807, 2.05) is 12.1 Å². The van der Waals surface area contributed by atoms with Gasteiger partial charge in [0, 0.05) is 35.7 Å². The van der Waals surface area contributed by atoms with Crippen LogP contribution < -0.4 is 10.0 Å². The Morgan fingerprint density at radius 2 is 1.75 bits per heavy atom. The van der Waals surface area contributed by atoms with Gasteiger partial charge in [-0.1, -0.05) is 23.2 Å². The Morgan fingerprint density at radius 1 is 1.11 bits per heavy atom. The number of benzene rings is 2. The maximum atomic E-state index is 14.3. The number of likely N-dealkylation sites (tertiary alicyclic amines) is 1. The van der Waals surface area contributed by atoms with E-state index in [4.69, 9.17) is 23.2 Å². The molecular weight excluding hydrogens is 424 g/mol. The second-order valence-electron chi connectivity index (χ2n) is 6.82. The van der Waals surface area contributed by atoms with Crippen molar-refractivity contribution in [2.24, 2.45) is 0 Å². The van der Waals surface area contributed by atoms with E-state index in [9.17, 15) is 12.8 Å². The largest absolute Gasteiger partial charge is 0.380 e. The smallest absolute Gasteiger partial charge is 0.240 e. The van der Waals surface area contributed by atoms with Crippen molar-refractivity contribution in [3.05, 3.63) is 57.8 Å². The minimum absolute atomic E-state index is 0.0898. The fourth-order valence-corrected chi connectivity index (χ4v) is 4.63. The van der Waals surface area contributed by atoms with Gasteiger partial charge >= 0.3 is 0 Å². The number of nitrogens with one attached hydrogen (secondary N) is 2. The zero-order valence-corrected chi connectivity index (χ0v) is 17.7. The quantitative estimate of drug-likeness (QED) is 0.701. The highest BCUT2D eigenvalue weighted by molar-refractivity contribution is 7.89. The standard InChI is InChI=1S/C19H22Cl2FN3O2S/c1-23-28(26,27)17-2-3-19(18(22)11-17)24-16-4-6-25(7-5-16)12-13-8-14(20)10-15(21)9-13/h2-3,8-11,16,23-24H,4-7,12H2,1H3. The van der Waals surface area contributed by atoms with Crippen LogP contribution in [0.4, 0.5) is 10.1 Å². The van der Waals surface area contributed by atoms with Gasteiger partial charge in [-0.3, -0.25) is 4.90 Å². The highest BCUT2D eigenvalue weighted by Crippen LogP contribution is 2.24. The molecule has 3 rings (SSSR count). The zero-order chi connectivity index (χ0) is 20.3. The van der Waals surface area contributed by atoms with E-state index in [2.05, 4.69) is 14.9 Å². The summed E-state index contributed by atoms with van der Waals surface area (Å²) in [4.78, 5) is 2.21. The topological polar surface area (TPSA) is 61.4 Å². The molecule has 0 radical (unpaired) electrons. The highest BCUT2D eigenvalue weighted by Gasteiger charge is 2.21. The molecule has 2 aromatic carbocycles. The van der Waals surface area contributed by atoms with Gasteiger partial charge in [0.2, 0.25) is 10.0 Å². The van der Waals surface area contributed by atoms with Gasteiger partial charge in [-0.25, -0.2) is 17.5 Å². The number of halogens is 3. The van der Waals surface area contributed by atoms with Gasteiger partial charge in [-0.2, -0.15) is 0 Å². The molecule has 0 bridgehead atoms. The third-order valence-electron chi connectivity index (χ3n) is 4.80. The summed E-state index contributed by atoms with van der Waals surface area (Å²) in [6.07, 6.45) is 1.70. The molecule has 0 aromatic heterocycles. The molecule has 0 aliphatic carbocycles. The first-order valence-electron chi connectivity index (χ1n) is 8.94. The van der Waals surface area contributed by atoms with E-state index < -0.39 is 15.8 Å². The predicted octanol–water partition coefficient (Wildman–Crippen LogP) is 4.12. The van der Waals surface area contributed by atoms with Gasteiger partial charge in [0.25, 0.3) is 0 Å². The number of anilines is 1. The van der Waals surface area contributed by atoms with Crippen LogP contribution in [0.5, 0.6) is 0 Å². The second kappa shape index (κ2) is 8.97. The molecule has 1 fully saturated rings. The Morgan fingerprint density at radius 3 is 2.32 bits per heavy atom. The summed E-state index contributed by atoms with van der Waals surface area (Å²) in [5.41, 5.74) is 1.38. The molecule has 0 atom stereocenters. The lowest BCUT2D eigenvalue weighted by Gasteiger charge is -2.33. The van der Waals surface area contributed by atoms with E-state index in [-0.39, 0.29) is 10.9 Å². The molecule has 1 heterocycles. The van der Waals surface area contributed by atoms with Crippen molar-refractivity contribution in [3.8, 4) is 0 Å². The number of sulfonamides is 1. The summed E-state index contributed by atoms with van der Waals surface area (Å²) in [5, 5.41) is 4.44. The van der Waals surface area contributed by atoms with E-state index in [1.165, 1.54) is 19.2 Å². The molecule has 0 spiro atoms.